The van der Waals surface area contributed by atoms with Crippen molar-refractivity contribution in [3.63, 3.8) is 0 Å². The molecular weight excluding hydrogens is 202 g/mol. The van der Waals surface area contributed by atoms with Gasteiger partial charge < -0.3 is 0 Å². The Balaban J connectivity index is 2.60. The summed E-state index contributed by atoms with van der Waals surface area (Å²) in [6, 6.07) is 12.1. The lowest BCUT2D eigenvalue weighted by Gasteiger charge is -1.99. The van der Waals surface area contributed by atoms with E-state index in [4.69, 9.17) is 5.26 Å². The van der Waals surface area contributed by atoms with E-state index in [-0.39, 0.29) is 4.83 Å². The molecule has 0 radical (unpaired) electrons. The molecule has 0 amide bonds. The van der Waals surface area contributed by atoms with Crippen LogP contribution >= 0.6 is 15.9 Å². The molecule has 1 aromatic rings. The highest BCUT2D eigenvalue weighted by atomic mass is 79.9. The van der Waals surface area contributed by atoms with E-state index in [2.05, 4.69) is 22.0 Å². The lowest BCUT2D eigenvalue weighted by Crippen LogP contribution is -1.97. The quantitative estimate of drug-likeness (QED) is 0.688. The minimum atomic E-state index is -0.0649. The molecule has 1 atom stereocenters. The summed E-state index contributed by atoms with van der Waals surface area (Å²) in [5, 5.41) is 8.50. The third kappa shape index (κ3) is 2.73. The Morgan fingerprint density at radius 1 is 1.36 bits per heavy atom. The number of halogens is 1. The van der Waals surface area contributed by atoms with Crippen molar-refractivity contribution in [3.8, 4) is 6.07 Å². The van der Waals surface area contributed by atoms with Crippen LogP contribution in [0, 0.1) is 11.3 Å². The van der Waals surface area contributed by atoms with Gasteiger partial charge in [-0.15, -0.1) is 0 Å². The van der Waals surface area contributed by atoms with E-state index < -0.39 is 0 Å². The topological polar surface area (TPSA) is 23.8 Å². The molecule has 0 heterocycles. The maximum atomic E-state index is 8.50. The van der Waals surface area contributed by atoms with Crippen LogP contribution in [0.25, 0.3) is 0 Å². The molecule has 1 nitrogen and oxygen atoms in total. The molecule has 0 saturated carbocycles. The number of alkyl halides is 1. The second-order valence-corrected chi connectivity index (χ2v) is 3.39. The number of nitriles is 1. The number of nitrogens with zero attached hydrogens (tertiary/aromatic N) is 1. The fourth-order valence-electron chi connectivity index (χ4n) is 0.867. The maximum Gasteiger partial charge on any atom is 0.105 e. The summed E-state index contributed by atoms with van der Waals surface area (Å²) in [5.74, 6) is 0. The van der Waals surface area contributed by atoms with Crippen molar-refractivity contribution in [2.24, 2.45) is 0 Å². The van der Waals surface area contributed by atoms with Crippen LogP contribution in [-0.4, -0.2) is 4.83 Å². The van der Waals surface area contributed by atoms with Crippen molar-refractivity contribution >= 4 is 15.9 Å². The van der Waals surface area contributed by atoms with Gasteiger partial charge in [0.15, 0.2) is 0 Å². The van der Waals surface area contributed by atoms with Crippen LogP contribution in [0.2, 0.25) is 0 Å². The third-order valence-corrected chi connectivity index (χ3v) is 1.93. The Labute approximate surface area is 74.8 Å². The maximum absolute atomic E-state index is 8.50. The molecule has 0 aromatic heterocycles. The van der Waals surface area contributed by atoms with Gasteiger partial charge in [-0.1, -0.05) is 46.3 Å². The van der Waals surface area contributed by atoms with E-state index >= 15 is 0 Å². The highest BCUT2D eigenvalue weighted by Crippen LogP contribution is 2.08. The zero-order chi connectivity index (χ0) is 8.10. The summed E-state index contributed by atoms with van der Waals surface area (Å²) in [6.45, 7) is 0. The molecule has 1 aromatic carbocycles. The molecule has 0 N–H and O–H groups in total. The first-order valence-corrected chi connectivity index (χ1v) is 4.32. The van der Waals surface area contributed by atoms with Gasteiger partial charge in [-0.25, -0.2) is 0 Å². The van der Waals surface area contributed by atoms with E-state index in [0.29, 0.717) is 0 Å². The lowest BCUT2D eigenvalue weighted by molar-refractivity contribution is 1.04. The van der Waals surface area contributed by atoms with Crippen LogP contribution in [0.3, 0.4) is 0 Å². The van der Waals surface area contributed by atoms with Crippen LogP contribution < -0.4 is 0 Å². The molecule has 0 aliphatic heterocycles. The Bertz CT molecular complexity index is 250. The summed E-state index contributed by atoms with van der Waals surface area (Å²) in [5.41, 5.74) is 1.19. The second kappa shape index (κ2) is 4.15. The molecule has 2 heteroatoms. The van der Waals surface area contributed by atoms with Gasteiger partial charge >= 0.3 is 0 Å². The van der Waals surface area contributed by atoms with Gasteiger partial charge in [0, 0.05) is 0 Å². The molecule has 11 heavy (non-hydrogen) atoms. The molecule has 0 bridgehead atoms. The Hall–Kier alpha value is -0.810. The first kappa shape index (κ1) is 8.29. The summed E-state index contributed by atoms with van der Waals surface area (Å²) < 4.78 is 0. The van der Waals surface area contributed by atoms with Gasteiger partial charge in [0.05, 0.1) is 6.07 Å². The molecule has 0 fully saturated rings. The van der Waals surface area contributed by atoms with Gasteiger partial charge in [0.25, 0.3) is 0 Å². The van der Waals surface area contributed by atoms with Crippen molar-refractivity contribution in [1.82, 2.24) is 0 Å². The highest BCUT2D eigenvalue weighted by molar-refractivity contribution is 9.09. The van der Waals surface area contributed by atoms with Crippen molar-refractivity contribution < 1.29 is 0 Å². The van der Waals surface area contributed by atoms with Gasteiger partial charge in [-0.3, -0.25) is 0 Å². The van der Waals surface area contributed by atoms with E-state index in [1.807, 2.05) is 30.3 Å². The minimum absolute atomic E-state index is 0.0649. The van der Waals surface area contributed by atoms with Crippen molar-refractivity contribution in [2.75, 3.05) is 0 Å². The standard InChI is InChI=1S/C9H8BrN/c10-9(7-11)6-8-4-2-1-3-5-8/h1-5,9H,6H2/t9-/m0/s1. The second-order valence-electron chi connectivity index (χ2n) is 2.29. The first-order chi connectivity index (χ1) is 5.33. The van der Waals surface area contributed by atoms with E-state index in [9.17, 15) is 0 Å². The molecule has 0 saturated heterocycles. The normalized spacial score (nSPS) is 12.0. The van der Waals surface area contributed by atoms with E-state index in [1.54, 1.807) is 0 Å². The SMILES string of the molecule is N#C[C@@H](Br)Cc1ccccc1. The van der Waals surface area contributed by atoms with Crippen LogP contribution in [-0.2, 0) is 6.42 Å². The fourth-order valence-corrected chi connectivity index (χ4v) is 1.24. The zero-order valence-corrected chi connectivity index (χ0v) is 7.58. The van der Waals surface area contributed by atoms with Crippen molar-refractivity contribution in [1.29, 1.82) is 5.26 Å². The molecule has 0 aliphatic rings. The number of rotatable bonds is 2. The average molecular weight is 210 g/mol. The number of hydrogen-bond donors (Lipinski definition) is 0. The van der Waals surface area contributed by atoms with Crippen molar-refractivity contribution in [3.05, 3.63) is 35.9 Å². The molecule has 0 aliphatic carbocycles. The Morgan fingerprint density at radius 3 is 2.55 bits per heavy atom. The highest BCUT2D eigenvalue weighted by Gasteiger charge is 2.01. The van der Waals surface area contributed by atoms with Gasteiger partial charge in [0.1, 0.15) is 4.83 Å². The summed E-state index contributed by atoms with van der Waals surface area (Å²) in [7, 11) is 0. The Kier molecular flexibility index (Phi) is 3.13. The van der Waals surface area contributed by atoms with Crippen LogP contribution in [0.15, 0.2) is 30.3 Å². The van der Waals surface area contributed by atoms with Crippen LogP contribution in [0.1, 0.15) is 5.56 Å². The largest absolute Gasteiger partial charge is 0.197 e. The third-order valence-electron chi connectivity index (χ3n) is 1.40. The van der Waals surface area contributed by atoms with Crippen LogP contribution in [0.4, 0.5) is 0 Å². The average Bonchev–Trinajstić information content (AvgIpc) is 2.06. The Morgan fingerprint density at radius 2 is 2.00 bits per heavy atom. The molecule has 0 spiro atoms. The van der Waals surface area contributed by atoms with Gasteiger partial charge in [-0.05, 0) is 12.0 Å². The predicted octanol–water partition coefficient (Wildman–Crippen LogP) is 2.52. The van der Waals surface area contributed by atoms with Gasteiger partial charge in [-0.2, -0.15) is 5.26 Å². The smallest absolute Gasteiger partial charge is 0.105 e. The van der Waals surface area contributed by atoms with Gasteiger partial charge in [0.2, 0.25) is 0 Å². The fraction of sp³-hybridized carbons (Fsp3) is 0.222. The summed E-state index contributed by atoms with van der Waals surface area (Å²) in [6.07, 6.45) is 0.775. The lowest BCUT2D eigenvalue weighted by atomic mass is 10.1. The number of benzene rings is 1. The summed E-state index contributed by atoms with van der Waals surface area (Å²) >= 11 is 3.25. The first-order valence-electron chi connectivity index (χ1n) is 3.40. The molecular formula is C9H8BrN. The summed E-state index contributed by atoms with van der Waals surface area (Å²) in [4.78, 5) is -0.0649. The molecule has 1 rings (SSSR count). The minimum Gasteiger partial charge on any atom is -0.197 e. The van der Waals surface area contributed by atoms with Crippen LogP contribution in [0.5, 0.6) is 0 Å². The molecule has 56 valence electrons. The zero-order valence-electron chi connectivity index (χ0n) is 6.00. The van der Waals surface area contributed by atoms with E-state index in [1.165, 1.54) is 5.56 Å². The van der Waals surface area contributed by atoms with Crippen molar-refractivity contribution in [2.45, 2.75) is 11.2 Å². The monoisotopic (exact) mass is 209 g/mol. The predicted molar refractivity (Wildman–Crippen MR) is 48.5 cm³/mol. The molecule has 0 unspecified atom stereocenters. The number of hydrogen-bond acceptors (Lipinski definition) is 1. The van der Waals surface area contributed by atoms with E-state index in [0.717, 1.165) is 6.42 Å².